The van der Waals surface area contributed by atoms with Crippen LogP contribution in [0.1, 0.15) is 42.4 Å². The monoisotopic (exact) mass is 649 g/mol. The molecular formula is C36H39F4N5O2. The van der Waals surface area contributed by atoms with Crippen molar-refractivity contribution >= 4 is 17.1 Å². The molecule has 47 heavy (non-hydrogen) atoms. The van der Waals surface area contributed by atoms with Crippen LogP contribution in [0.4, 0.5) is 17.6 Å². The molecule has 0 radical (unpaired) electrons. The first-order valence-electron chi connectivity index (χ1n) is 15.0. The molecule has 11 heteroatoms. The number of benzene rings is 1. The average molecular weight is 650 g/mol. The highest BCUT2D eigenvalue weighted by Gasteiger charge is 2.31. The topological polar surface area (TPSA) is 95.5 Å². The van der Waals surface area contributed by atoms with Crippen molar-refractivity contribution in [3.8, 4) is 11.9 Å². The number of carbonyl (C=O) groups excluding carboxylic acids is 1. The lowest BCUT2D eigenvalue weighted by Gasteiger charge is -2.31. The van der Waals surface area contributed by atoms with Crippen molar-refractivity contribution < 1.29 is 27.1 Å². The zero-order chi connectivity index (χ0) is 34.6. The Morgan fingerprint density at radius 1 is 1.15 bits per heavy atom. The molecule has 1 unspecified atom stereocenters. The van der Waals surface area contributed by atoms with E-state index in [0.29, 0.717) is 41.2 Å². The third-order valence-electron chi connectivity index (χ3n) is 7.43. The number of carbonyl (C=O) groups is 1. The molecule has 1 aromatic carbocycles. The van der Waals surface area contributed by atoms with Crippen molar-refractivity contribution in [3.05, 3.63) is 120 Å². The Bertz CT molecular complexity index is 1580. The zero-order valence-electron chi connectivity index (χ0n) is 26.6. The molecule has 0 spiro atoms. The number of nitrogens with two attached hydrogens (primary N) is 1. The molecule has 0 saturated carbocycles. The van der Waals surface area contributed by atoms with Crippen molar-refractivity contribution in [2.24, 2.45) is 5.73 Å². The van der Waals surface area contributed by atoms with Gasteiger partial charge in [0.05, 0.1) is 18.1 Å². The van der Waals surface area contributed by atoms with E-state index in [-0.39, 0.29) is 35.3 Å². The molecule has 2 heterocycles. The number of nitriles is 1. The molecule has 3 rings (SSSR count). The number of hydrogen-bond acceptors (Lipinski definition) is 6. The Labute approximate surface area is 273 Å². The number of halogens is 4. The van der Waals surface area contributed by atoms with Crippen LogP contribution in [0.3, 0.4) is 0 Å². The summed E-state index contributed by atoms with van der Waals surface area (Å²) in [5.74, 6) is -0.549. The molecule has 2 N–H and O–H groups in total. The number of aromatic nitrogens is 1. The van der Waals surface area contributed by atoms with Crippen LogP contribution >= 0.6 is 0 Å². The number of piperidine rings is 1. The number of rotatable bonds is 13. The van der Waals surface area contributed by atoms with Gasteiger partial charge in [0.1, 0.15) is 11.9 Å². The van der Waals surface area contributed by atoms with Crippen LogP contribution < -0.4 is 10.5 Å². The molecule has 1 amide bonds. The predicted molar refractivity (Wildman–Crippen MR) is 176 cm³/mol. The molecule has 1 atom stereocenters. The largest absolute Gasteiger partial charge is 0.473 e. The Morgan fingerprint density at radius 2 is 1.85 bits per heavy atom. The van der Waals surface area contributed by atoms with Crippen LogP contribution in [0.25, 0.3) is 11.1 Å². The van der Waals surface area contributed by atoms with Gasteiger partial charge < -0.3 is 15.4 Å². The van der Waals surface area contributed by atoms with Crippen LogP contribution in [0.5, 0.6) is 5.88 Å². The van der Waals surface area contributed by atoms with Crippen LogP contribution in [-0.4, -0.2) is 66.7 Å². The second-order valence-corrected chi connectivity index (χ2v) is 11.2. The van der Waals surface area contributed by atoms with E-state index >= 15 is 0 Å². The maximum absolute atomic E-state index is 14.0. The van der Waals surface area contributed by atoms with E-state index in [9.17, 15) is 27.6 Å². The number of likely N-dealkylation sites (tertiary alicyclic amines) is 1. The van der Waals surface area contributed by atoms with Gasteiger partial charge in [-0.15, -0.1) is 0 Å². The number of amides is 1. The summed E-state index contributed by atoms with van der Waals surface area (Å²) >= 11 is 0. The van der Waals surface area contributed by atoms with Crippen molar-refractivity contribution in [2.45, 2.75) is 38.0 Å². The number of nitrogens with zero attached hydrogens (tertiary/aromatic N) is 4. The van der Waals surface area contributed by atoms with Crippen LogP contribution in [0.2, 0.25) is 0 Å². The molecule has 0 aliphatic carbocycles. The highest BCUT2D eigenvalue weighted by molar-refractivity contribution is 5.91. The summed E-state index contributed by atoms with van der Waals surface area (Å²) in [5.41, 5.74) is 7.33. The van der Waals surface area contributed by atoms with Gasteiger partial charge in [-0.05, 0) is 72.4 Å². The SMILES string of the molecule is C=C/C(C(=C)F)=C(N)\C=C/C/C(=C(\CC(F)(F)F)c1ccc(C#N)cc1)c1ccc(OC2CCCN(C/C=C/C(=O)N(C)C)C2)nc1. The normalized spacial score (nSPS) is 16.7. The summed E-state index contributed by atoms with van der Waals surface area (Å²) in [5, 5.41) is 9.20. The number of likely N-dealkylation sites (N-methyl/N-ethyl adjacent to an activating group) is 1. The van der Waals surface area contributed by atoms with Crippen molar-refractivity contribution in [3.63, 3.8) is 0 Å². The van der Waals surface area contributed by atoms with Gasteiger partial charge in [0.15, 0.2) is 0 Å². The third kappa shape index (κ3) is 11.4. The lowest BCUT2D eigenvalue weighted by atomic mass is 9.90. The van der Waals surface area contributed by atoms with Crippen molar-refractivity contribution in [1.29, 1.82) is 5.26 Å². The standard InChI is InChI=1S/C36H39F4N5O2/c1-5-30(25(2)37)33(42)11-6-10-31(32(21-36(38,39)40)27-15-13-26(22-41)14-16-27)28-17-18-34(43-23-28)47-29-9-7-19-45(24-29)20-8-12-35(46)44(3)4/h5-6,8,11-18,23,29H,1-2,7,9-10,19-21,24,42H2,3-4H3/b11-6-,12-8+,32-31-,33-30-. The van der Waals surface area contributed by atoms with Gasteiger partial charge in [-0.1, -0.05) is 43.5 Å². The Hall–Kier alpha value is -4.95. The predicted octanol–water partition coefficient (Wildman–Crippen LogP) is 7.13. The summed E-state index contributed by atoms with van der Waals surface area (Å²) < 4.78 is 61.8. The van der Waals surface area contributed by atoms with E-state index in [0.717, 1.165) is 19.4 Å². The van der Waals surface area contributed by atoms with Gasteiger partial charge in [0, 0.05) is 56.8 Å². The number of pyridine rings is 1. The molecule has 1 aliphatic rings. The minimum Gasteiger partial charge on any atom is -0.473 e. The summed E-state index contributed by atoms with van der Waals surface area (Å²) in [6, 6.07) is 11.1. The molecule has 0 bridgehead atoms. The number of alkyl halides is 3. The summed E-state index contributed by atoms with van der Waals surface area (Å²) in [7, 11) is 3.38. The molecule has 1 saturated heterocycles. The van der Waals surface area contributed by atoms with Crippen molar-refractivity contribution in [2.75, 3.05) is 33.7 Å². The summed E-state index contributed by atoms with van der Waals surface area (Å²) in [6.45, 7) is 8.84. The summed E-state index contributed by atoms with van der Waals surface area (Å²) in [6.07, 6.45) is 4.73. The minimum atomic E-state index is -4.54. The second-order valence-electron chi connectivity index (χ2n) is 11.2. The highest BCUT2D eigenvalue weighted by atomic mass is 19.4. The Balaban J connectivity index is 1.93. The molecule has 1 aliphatic heterocycles. The van der Waals surface area contributed by atoms with Crippen LogP contribution in [0.15, 0.2) is 103 Å². The fourth-order valence-corrected chi connectivity index (χ4v) is 5.05. The first kappa shape index (κ1) is 36.5. The summed E-state index contributed by atoms with van der Waals surface area (Å²) in [4.78, 5) is 19.9. The third-order valence-corrected chi connectivity index (χ3v) is 7.43. The highest BCUT2D eigenvalue weighted by Crippen LogP contribution is 2.38. The maximum Gasteiger partial charge on any atom is 0.393 e. The molecule has 2 aromatic rings. The lowest BCUT2D eigenvalue weighted by Crippen LogP contribution is -2.41. The minimum absolute atomic E-state index is 0.00138. The van der Waals surface area contributed by atoms with Crippen LogP contribution in [-0.2, 0) is 4.79 Å². The molecular weight excluding hydrogens is 610 g/mol. The van der Waals surface area contributed by atoms with Gasteiger partial charge in [-0.25, -0.2) is 9.37 Å². The lowest BCUT2D eigenvalue weighted by molar-refractivity contribution is -0.124. The van der Waals surface area contributed by atoms with E-state index in [1.807, 2.05) is 12.1 Å². The average Bonchev–Trinajstić information content (AvgIpc) is 3.02. The fraction of sp³-hybridized carbons (Fsp3) is 0.306. The first-order chi connectivity index (χ1) is 22.3. The van der Waals surface area contributed by atoms with Gasteiger partial charge in [-0.3, -0.25) is 9.69 Å². The van der Waals surface area contributed by atoms with Gasteiger partial charge in [0.25, 0.3) is 0 Å². The quantitative estimate of drug-likeness (QED) is 0.141. The number of allylic oxidation sites excluding steroid dienone is 7. The Morgan fingerprint density at radius 3 is 2.43 bits per heavy atom. The molecule has 1 aromatic heterocycles. The Kier molecular flexibility index (Phi) is 13.3. The van der Waals surface area contributed by atoms with E-state index in [1.54, 1.807) is 32.3 Å². The maximum atomic E-state index is 14.0. The smallest absolute Gasteiger partial charge is 0.393 e. The van der Waals surface area contributed by atoms with Crippen LogP contribution in [0, 0.1) is 11.3 Å². The van der Waals surface area contributed by atoms with E-state index < -0.39 is 18.4 Å². The zero-order valence-corrected chi connectivity index (χ0v) is 26.6. The van der Waals surface area contributed by atoms with Gasteiger partial charge >= 0.3 is 6.18 Å². The molecule has 7 nitrogen and oxygen atoms in total. The molecule has 1 fully saturated rings. The number of ether oxygens (including phenoxy) is 1. The first-order valence-corrected chi connectivity index (χ1v) is 15.0. The van der Waals surface area contributed by atoms with E-state index in [4.69, 9.17) is 10.5 Å². The fourth-order valence-electron chi connectivity index (χ4n) is 5.05. The van der Waals surface area contributed by atoms with Crippen molar-refractivity contribution in [1.82, 2.24) is 14.8 Å². The second kappa shape index (κ2) is 17.1. The molecule has 248 valence electrons. The number of hydrogen-bond donors (Lipinski definition) is 1. The van der Waals surface area contributed by atoms with E-state index in [2.05, 4.69) is 23.0 Å². The van der Waals surface area contributed by atoms with E-state index in [1.165, 1.54) is 53.6 Å². The van der Waals surface area contributed by atoms with Gasteiger partial charge in [0.2, 0.25) is 11.8 Å². The van der Waals surface area contributed by atoms with Gasteiger partial charge in [-0.2, -0.15) is 18.4 Å².